The molecule has 1 fully saturated rings. The van der Waals surface area contributed by atoms with Crippen molar-refractivity contribution >= 4 is 11.7 Å². The van der Waals surface area contributed by atoms with E-state index in [-0.39, 0.29) is 17.6 Å². The van der Waals surface area contributed by atoms with Gasteiger partial charge in [0.1, 0.15) is 5.75 Å². The second-order valence-electron chi connectivity index (χ2n) is 7.10. The molecule has 0 spiro atoms. The largest absolute Gasteiger partial charge is 0.493 e. The molecule has 0 aliphatic carbocycles. The topological polar surface area (TPSA) is 46.6 Å². The number of ether oxygens (including phenoxy) is 1. The van der Waals surface area contributed by atoms with Gasteiger partial charge in [0.2, 0.25) is 5.91 Å². The molecule has 0 radical (unpaired) electrons. The number of rotatable bonds is 7. The average Bonchev–Trinajstić information content (AvgIpc) is 2.72. The van der Waals surface area contributed by atoms with Crippen LogP contribution in [0, 0.1) is 12.8 Å². The van der Waals surface area contributed by atoms with Gasteiger partial charge in [-0.1, -0.05) is 48.5 Å². The van der Waals surface area contributed by atoms with E-state index in [1.54, 1.807) is 0 Å². The first-order chi connectivity index (χ1) is 13.1. The second kappa shape index (κ2) is 9.36. The van der Waals surface area contributed by atoms with Crippen molar-refractivity contribution in [3.8, 4) is 5.75 Å². The van der Waals surface area contributed by atoms with Gasteiger partial charge in [0.05, 0.1) is 6.61 Å². The Kier molecular flexibility index (Phi) is 6.64. The zero-order valence-corrected chi connectivity index (χ0v) is 15.9. The summed E-state index contributed by atoms with van der Waals surface area (Å²) in [5.74, 6) is 1.27. The highest BCUT2D eigenvalue weighted by atomic mass is 16.5. The molecule has 2 aromatic rings. The van der Waals surface area contributed by atoms with Crippen LogP contribution in [0.3, 0.4) is 0 Å². The minimum absolute atomic E-state index is 0.0286. The van der Waals surface area contributed by atoms with Gasteiger partial charge < -0.3 is 9.64 Å². The van der Waals surface area contributed by atoms with Crippen LogP contribution >= 0.6 is 0 Å². The molecule has 0 unspecified atom stereocenters. The summed E-state index contributed by atoms with van der Waals surface area (Å²) in [5.41, 5.74) is 1.88. The summed E-state index contributed by atoms with van der Waals surface area (Å²) in [6.45, 7) is 3.89. The monoisotopic (exact) mass is 365 g/mol. The van der Waals surface area contributed by atoms with Gasteiger partial charge in [0, 0.05) is 31.0 Å². The fourth-order valence-corrected chi connectivity index (χ4v) is 3.51. The van der Waals surface area contributed by atoms with E-state index in [9.17, 15) is 9.59 Å². The lowest BCUT2D eigenvalue weighted by Crippen LogP contribution is -2.40. The Morgan fingerprint density at radius 3 is 2.37 bits per heavy atom. The number of hydrogen-bond acceptors (Lipinski definition) is 3. The standard InChI is InChI=1S/C23H27NO3/c1-18-8-5-6-11-21(18)27-17-7-12-22(25)24-15-13-20(14-16-24)23(26)19-9-3-2-4-10-19/h2-6,8-11,20H,7,12-17H2,1H3. The number of amides is 1. The molecule has 1 aliphatic heterocycles. The summed E-state index contributed by atoms with van der Waals surface area (Å²) in [6.07, 6.45) is 2.69. The van der Waals surface area contributed by atoms with Gasteiger partial charge in [-0.3, -0.25) is 9.59 Å². The smallest absolute Gasteiger partial charge is 0.222 e. The fraction of sp³-hybridized carbons (Fsp3) is 0.391. The third kappa shape index (κ3) is 5.19. The number of aryl methyl sites for hydroxylation is 1. The fourth-order valence-electron chi connectivity index (χ4n) is 3.51. The van der Waals surface area contributed by atoms with Crippen LogP contribution in [0.1, 0.15) is 41.6 Å². The van der Waals surface area contributed by atoms with Crippen molar-refractivity contribution in [1.29, 1.82) is 0 Å². The van der Waals surface area contributed by atoms with Crippen molar-refractivity contribution in [3.05, 3.63) is 65.7 Å². The van der Waals surface area contributed by atoms with E-state index in [1.807, 2.05) is 66.4 Å². The molecule has 27 heavy (non-hydrogen) atoms. The molecule has 1 saturated heterocycles. The van der Waals surface area contributed by atoms with Crippen LogP contribution in [0.5, 0.6) is 5.75 Å². The summed E-state index contributed by atoms with van der Waals surface area (Å²) < 4.78 is 5.76. The van der Waals surface area contributed by atoms with E-state index in [2.05, 4.69) is 0 Å². The maximum Gasteiger partial charge on any atom is 0.222 e. The molecule has 0 bridgehead atoms. The van der Waals surface area contributed by atoms with Gasteiger partial charge in [0.15, 0.2) is 5.78 Å². The number of carbonyl (C=O) groups excluding carboxylic acids is 2. The van der Waals surface area contributed by atoms with Crippen LogP contribution in [-0.2, 0) is 4.79 Å². The Morgan fingerprint density at radius 1 is 1.00 bits per heavy atom. The molecule has 1 amide bonds. The lowest BCUT2D eigenvalue weighted by Gasteiger charge is -2.31. The third-order valence-electron chi connectivity index (χ3n) is 5.16. The quantitative estimate of drug-likeness (QED) is 0.544. The Labute approximate surface area is 161 Å². The SMILES string of the molecule is Cc1ccccc1OCCCC(=O)N1CCC(C(=O)c2ccccc2)CC1. The van der Waals surface area contributed by atoms with Crippen molar-refractivity contribution in [3.63, 3.8) is 0 Å². The highest BCUT2D eigenvalue weighted by molar-refractivity contribution is 5.98. The van der Waals surface area contributed by atoms with Crippen molar-refractivity contribution in [2.24, 2.45) is 5.92 Å². The first-order valence-corrected chi connectivity index (χ1v) is 9.70. The minimum atomic E-state index is 0.0286. The van der Waals surface area contributed by atoms with Gasteiger partial charge >= 0.3 is 0 Å². The predicted octanol–water partition coefficient (Wildman–Crippen LogP) is 4.28. The molecule has 3 rings (SSSR count). The van der Waals surface area contributed by atoms with Crippen LogP contribution in [0.4, 0.5) is 0 Å². The molecular formula is C23H27NO3. The molecule has 0 saturated carbocycles. The molecule has 4 nitrogen and oxygen atoms in total. The van der Waals surface area contributed by atoms with Gasteiger partial charge in [-0.25, -0.2) is 0 Å². The number of para-hydroxylation sites is 1. The number of benzene rings is 2. The third-order valence-corrected chi connectivity index (χ3v) is 5.16. The van der Waals surface area contributed by atoms with Crippen LogP contribution in [0.25, 0.3) is 0 Å². The molecule has 0 aromatic heterocycles. The number of ketones is 1. The van der Waals surface area contributed by atoms with Gasteiger partial charge in [-0.2, -0.15) is 0 Å². The van der Waals surface area contributed by atoms with Crippen LogP contribution in [0.15, 0.2) is 54.6 Å². The zero-order chi connectivity index (χ0) is 19.1. The maximum atomic E-state index is 12.5. The molecule has 0 atom stereocenters. The zero-order valence-electron chi connectivity index (χ0n) is 15.9. The van der Waals surface area contributed by atoms with E-state index >= 15 is 0 Å². The lowest BCUT2D eigenvalue weighted by molar-refractivity contribution is -0.132. The Bertz CT molecular complexity index is 764. The second-order valence-corrected chi connectivity index (χ2v) is 7.10. The number of nitrogens with zero attached hydrogens (tertiary/aromatic N) is 1. The van der Waals surface area contributed by atoms with E-state index in [0.29, 0.717) is 32.5 Å². The van der Waals surface area contributed by atoms with E-state index in [1.165, 1.54) is 0 Å². The van der Waals surface area contributed by atoms with E-state index in [0.717, 1.165) is 29.7 Å². The first kappa shape index (κ1) is 19.2. The summed E-state index contributed by atoms with van der Waals surface area (Å²) in [4.78, 5) is 26.8. The minimum Gasteiger partial charge on any atom is -0.493 e. The Hall–Kier alpha value is -2.62. The summed E-state index contributed by atoms with van der Waals surface area (Å²) in [6, 6.07) is 17.3. The van der Waals surface area contributed by atoms with Gasteiger partial charge in [0.25, 0.3) is 0 Å². The summed E-state index contributed by atoms with van der Waals surface area (Å²) >= 11 is 0. The van der Waals surface area contributed by atoms with Gasteiger partial charge in [-0.15, -0.1) is 0 Å². The number of likely N-dealkylation sites (tertiary alicyclic amines) is 1. The lowest BCUT2D eigenvalue weighted by atomic mass is 9.89. The Balaban J connectivity index is 1.38. The van der Waals surface area contributed by atoms with E-state index < -0.39 is 0 Å². The van der Waals surface area contributed by atoms with Crippen LogP contribution in [-0.4, -0.2) is 36.3 Å². The van der Waals surface area contributed by atoms with Crippen molar-refractivity contribution in [2.75, 3.05) is 19.7 Å². The molecule has 1 heterocycles. The number of Topliss-reactive ketones (excluding diaryl/α,β-unsaturated/α-hetero) is 1. The number of carbonyl (C=O) groups is 2. The molecule has 142 valence electrons. The van der Waals surface area contributed by atoms with Crippen molar-refractivity contribution in [1.82, 2.24) is 4.90 Å². The number of piperidine rings is 1. The highest BCUT2D eigenvalue weighted by Crippen LogP contribution is 2.22. The molecule has 0 N–H and O–H groups in total. The normalized spacial score (nSPS) is 14.8. The first-order valence-electron chi connectivity index (χ1n) is 9.70. The molecule has 2 aromatic carbocycles. The summed E-state index contributed by atoms with van der Waals surface area (Å²) in [5, 5.41) is 0. The van der Waals surface area contributed by atoms with E-state index in [4.69, 9.17) is 4.74 Å². The maximum absolute atomic E-state index is 12.5. The van der Waals surface area contributed by atoms with Gasteiger partial charge in [-0.05, 0) is 37.8 Å². The Morgan fingerprint density at radius 2 is 1.67 bits per heavy atom. The van der Waals surface area contributed by atoms with Crippen molar-refractivity contribution < 1.29 is 14.3 Å². The van der Waals surface area contributed by atoms with Crippen LogP contribution in [0.2, 0.25) is 0 Å². The van der Waals surface area contributed by atoms with Crippen molar-refractivity contribution in [2.45, 2.75) is 32.6 Å². The highest BCUT2D eigenvalue weighted by Gasteiger charge is 2.27. The van der Waals surface area contributed by atoms with Crippen LogP contribution < -0.4 is 4.74 Å². The predicted molar refractivity (Wildman–Crippen MR) is 106 cm³/mol. The molecular weight excluding hydrogens is 338 g/mol. The molecule has 4 heteroatoms. The number of hydrogen-bond donors (Lipinski definition) is 0. The molecule has 1 aliphatic rings. The average molecular weight is 365 g/mol. The summed E-state index contributed by atoms with van der Waals surface area (Å²) in [7, 11) is 0.